The Morgan fingerprint density at radius 2 is 1.68 bits per heavy atom. The monoisotopic (exact) mass is 358 g/mol. The normalized spacial score (nSPS) is 10.5. The Bertz CT molecular complexity index is 743. The number of hydrogen-bond donors (Lipinski definition) is 1. The first-order valence-electron chi connectivity index (χ1n) is 8.02. The van der Waals surface area contributed by atoms with Gasteiger partial charge in [0.15, 0.2) is 12.4 Å². The Morgan fingerprint density at radius 1 is 1.08 bits per heavy atom. The van der Waals surface area contributed by atoms with E-state index in [0.717, 1.165) is 27.1 Å². The Labute approximate surface area is 152 Å². The highest BCUT2D eigenvalue weighted by molar-refractivity contribution is 7.98. The van der Waals surface area contributed by atoms with Gasteiger partial charge in [-0.15, -0.1) is 11.8 Å². The first-order chi connectivity index (χ1) is 11.9. The lowest BCUT2D eigenvalue weighted by Gasteiger charge is -2.13. The largest absolute Gasteiger partial charge is 0.481 e. The molecule has 0 saturated carbocycles. The number of benzene rings is 2. The quantitative estimate of drug-likeness (QED) is 0.563. The molecule has 2 rings (SSSR count). The number of carbonyl (C=O) groups excluding carboxylic acids is 1. The molecule has 2 aromatic carbocycles. The van der Waals surface area contributed by atoms with Crippen LogP contribution in [0.15, 0.2) is 41.3 Å². The highest BCUT2D eigenvalue weighted by atomic mass is 32.2. The third-order valence-corrected chi connectivity index (χ3v) is 4.66. The SMILES string of the molecule is CSc1ccc(C(=O)CCc2cc(C)c(OCC(=O)O)c(C)c2)cc1. The second kappa shape index (κ2) is 8.72. The highest BCUT2D eigenvalue weighted by Gasteiger charge is 2.11. The smallest absolute Gasteiger partial charge is 0.341 e. The van der Waals surface area contributed by atoms with Crippen molar-refractivity contribution in [3.63, 3.8) is 0 Å². The number of carbonyl (C=O) groups is 2. The molecular formula is C20H22O4S. The second-order valence-corrected chi connectivity index (χ2v) is 6.77. The summed E-state index contributed by atoms with van der Waals surface area (Å²) >= 11 is 1.65. The van der Waals surface area contributed by atoms with Crippen LogP contribution in [0.1, 0.15) is 33.5 Å². The number of Topliss-reactive ketones (excluding diaryl/α,β-unsaturated/α-hetero) is 1. The fourth-order valence-electron chi connectivity index (χ4n) is 2.72. The first kappa shape index (κ1) is 19.1. The van der Waals surface area contributed by atoms with E-state index in [1.165, 1.54) is 0 Å². The molecule has 0 aliphatic carbocycles. The first-order valence-corrected chi connectivity index (χ1v) is 9.25. The molecule has 0 bridgehead atoms. The van der Waals surface area contributed by atoms with E-state index < -0.39 is 5.97 Å². The predicted octanol–water partition coefficient (Wildman–Crippen LogP) is 4.30. The van der Waals surface area contributed by atoms with Crippen molar-refractivity contribution in [1.82, 2.24) is 0 Å². The molecular weight excluding hydrogens is 336 g/mol. The van der Waals surface area contributed by atoms with Crippen molar-refractivity contribution in [2.45, 2.75) is 31.6 Å². The minimum atomic E-state index is -0.999. The summed E-state index contributed by atoms with van der Waals surface area (Å²) in [5.74, 6) is -0.278. The van der Waals surface area contributed by atoms with Crippen LogP contribution in [0.25, 0.3) is 0 Å². The summed E-state index contributed by atoms with van der Waals surface area (Å²) < 4.78 is 5.33. The molecule has 0 unspecified atom stereocenters. The average molecular weight is 358 g/mol. The van der Waals surface area contributed by atoms with E-state index >= 15 is 0 Å². The van der Waals surface area contributed by atoms with Crippen molar-refractivity contribution in [2.75, 3.05) is 12.9 Å². The van der Waals surface area contributed by atoms with Gasteiger partial charge in [0.1, 0.15) is 5.75 Å². The number of rotatable bonds is 8. The number of thioether (sulfide) groups is 1. The van der Waals surface area contributed by atoms with Crippen LogP contribution in [0, 0.1) is 13.8 Å². The Hall–Kier alpha value is -2.27. The van der Waals surface area contributed by atoms with Gasteiger partial charge < -0.3 is 9.84 Å². The molecule has 5 heteroatoms. The van der Waals surface area contributed by atoms with E-state index in [1.807, 2.05) is 56.5 Å². The van der Waals surface area contributed by atoms with Gasteiger partial charge in [0.25, 0.3) is 0 Å². The molecule has 2 aromatic rings. The average Bonchev–Trinajstić information content (AvgIpc) is 2.58. The number of carboxylic acids is 1. The molecule has 25 heavy (non-hydrogen) atoms. The lowest BCUT2D eigenvalue weighted by Crippen LogP contribution is -2.11. The number of ketones is 1. The van der Waals surface area contributed by atoms with Gasteiger partial charge in [-0.05, 0) is 55.3 Å². The van der Waals surface area contributed by atoms with Crippen molar-refractivity contribution in [3.8, 4) is 5.75 Å². The van der Waals surface area contributed by atoms with Gasteiger partial charge in [-0.2, -0.15) is 0 Å². The van der Waals surface area contributed by atoms with Crippen molar-refractivity contribution >= 4 is 23.5 Å². The van der Waals surface area contributed by atoms with Crippen LogP contribution in [-0.4, -0.2) is 29.7 Å². The zero-order valence-corrected chi connectivity index (χ0v) is 15.5. The molecule has 0 aliphatic rings. The molecule has 0 spiro atoms. The van der Waals surface area contributed by atoms with Crippen LogP contribution in [-0.2, 0) is 11.2 Å². The third kappa shape index (κ3) is 5.36. The number of hydrogen-bond acceptors (Lipinski definition) is 4. The van der Waals surface area contributed by atoms with Gasteiger partial charge in [-0.1, -0.05) is 24.3 Å². The van der Waals surface area contributed by atoms with E-state index in [-0.39, 0.29) is 12.4 Å². The summed E-state index contributed by atoms with van der Waals surface area (Å²) in [7, 11) is 0. The minimum Gasteiger partial charge on any atom is -0.481 e. The van der Waals surface area contributed by atoms with Gasteiger partial charge in [-0.3, -0.25) is 4.79 Å². The molecule has 1 N–H and O–H groups in total. The van der Waals surface area contributed by atoms with Gasteiger partial charge in [-0.25, -0.2) is 4.79 Å². The van der Waals surface area contributed by atoms with Crippen molar-refractivity contribution in [3.05, 3.63) is 58.7 Å². The van der Waals surface area contributed by atoms with Crippen molar-refractivity contribution in [1.29, 1.82) is 0 Å². The van der Waals surface area contributed by atoms with E-state index in [1.54, 1.807) is 11.8 Å². The molecule has 0 aromatic heterocycles. The van der Waals surface area contributed by atoms with Gasteiger partial charge in [0, 0.05) is 16.9 Å². The number of ether oxygens (including phenoxy) is 1. The van der Waals surface area contributed by atoms with Crippen molar-refractivity contribution < 1.29 is 19.4 Å². The summed E-state index contributed by atoms with van der Waals surface area (Å²) in [6.07, 6.45) is 3.09. The minimum absolute atomic E-state index is 0.120. The van der Waals surface area contributed by atoms with Gasteiger partial charge in [0.05, 0.1) is 0 Å². The molecule has 0 aliphatic heterocycles. The fourth-order valence-corrected chi connectivity index (χ4v) is 3.13. The van der Waals surface area contributed by atoms with Crippen LogP contribution in [0.2, 0.25) is 0 Å². The predicted molar refractivity (Wildman–Crippen MR) is 99.9 cm³/mol. The van der Waals surface area contributed by atoms with E-state index in [4.69, 9.17) is 9.84 Å². The molecule has 132 valence electrons. The summed E-state index contributed by atoms with van der Waals surface area (Å²) in [6.45, 7) is 3.42. The molecule has 4 nitrogen and oxygen atoms in total. The molecule has 0 heterocycles. The zero-order valence-electron chi connectivity index (χ0n) is 14.7. The molecule has 0 amide bonds. The van der Waals surface area contributed by atoms with Gasteiger partial charge >= 0.3 is 5.97 Å². The molecule has 0 atom stereocenters. The Morgan fingerprint density at radius 3 is 2.20 bits per heavy atom. The van der Waals surface area contributed by atoms with Crippen LogP contribution in [0.4, 0.5) is 0 Å². The molecule has 0 radical (unpaired) electrons. The summed E-state index contributed by atoms with van der Waals surface area (Å²) in [6, 6.07) is 11.6. The maximum Gasteiger partial charge on any atom is 0.341 e. The third-order valence-electron chi connectivity index (χ3n) is 3.91. The second-order valence-electron chi connectivity index (χ2n) is 5.89. The summed E-state index contributed by atoms with van der Waals surface area (Å²) in [5.41, 5.74) is 3.54. The fraction of sp³-hybridized carbons (Fsp3) is 0.300. The molecule has 0 fully saturated rings. The lowest BCUT2D eigenvalue weighted by atomic mass is 9.99. The van der Waals surface area contributed by atoms with E-state index in [0.29, 0.717) is 18.6 Å². The van der Waals surface area contributed by atoms with E-state index in [2.05, 4.69) is 0 Å². The molecule has 0 saturated heterocycles. The highest BCUT2D eigenvalue weighted by Crippen LogP contribution is 2.26. The van der Waals surface area contributed by atoms with Crippen LogP contribution in [0.5, 0.6) is 5.75 Å². The topological polar surface area (TPSA) is 63.6 Å². The maximum atomic E-state index is 12.3. The number of aryl methyl sites for hydroxylation is 3. The van der Waals surface area contributed by atoms with Crippen LogP contribution in [0.3, 0.4) is 0 Å². The number of aliphatic carboxylic acids is 1. The summed E-state index contributed by atoms with van der Waals surface area (Å²) in [5, 5.41) is 8.73. The maximum absolute atomic E-state index is 12.3. The zero-order chi connectivity index (χ0) is 18.4. The summed E-state index contributed by atoms with van der Waals surface area (Å²) in [4.78, 5) is 24.1. The van der Waals surface area contributed by atoms with E-state index in [9.17, 15) is 9.59 Å². The standard InChI is InChI=1S/C20H22O4S/c1-13-10-15(11-14(2)20(13)24-12-19(22)23)4-9-18(21)16-5-7-17(25-3)8-6-16/h5-8,10-11H,4,9,12H2,1-3H3,(H,22,23). The van der Waals surface area contributed by atoms with Gasteiger partial charge in [0.2, 0.25) is 0 Å². The lowest BCUT2D eigenvalue weighted by molar-refractivity contribution is -0.139. The van der Waals surface area contributed by atoms with Crippen molar-refractivity contribution in [2.24, 2.45) is 0 Å². The van der Waals surface area contributed by atoms with Crippen LogP contribution < -0.4 is 4.74 Å². The number of carboxylic acid groups (broad SMARTS) is 1. The Kier molecular flexibility index (Phi) is 6.65. The Balaban J connectivity index is 2.02. The van der Waals surface area contributed by atoms with Crippen LogP contribution >= 0.6 is 11.8 Å².